The number of carbonyl (C=O) groups is 1. The Morgan fingerprint density at radius 2 is 2.14 bits per heavy atom. The smallest absolute Gasteiger partial charge is 0.407 e. The number of aromatic nitrogens is 1. The van der Waals surface area contributed by atoms with Gasteiger partial charge in [-0.15, -0.1) is 0 Å². The SMILES string of the molecule is CC(NC1CC1NC(=O)OC(C)(C)C)c1cncc(F)c1. The van der Waals surface area contributed by atoms with Crippen LogP contribution in [0.5, 0.6) is 0 Å². The van der Waals surface area contributed by atoms with Gasteiger partial charge in [-0.25, -0.2) is 9.18 Å². The zero-order valence-electron chi connectivity index (χ0n) is 12.8. The van der Waals surface area contributed by atoms with Gasteiger partial charge in [0.25, 0.3) is 0 Å². The van der Waals surface area contributed by atoms with Crippen LogP contribution in [0.3, 0.4) is 0 Å². The minimum Gasteiger partial charge on any atom is -0.444 e. The van der Waals surface area contributed by atoms with E-state index >= 15 is 0 Å². The molecule has 116 valence electrons. The van der Waals surface area contributed by atoms with Gasteiger partial charge in [-0.05, 0) is 45.7 Å². The summed E-state index contributed by atoms with van der Waals surface area (Å²) in [7, 11) is 0. The van der Waals surface area contributed by atoms with Crippen molar-refractivity contribution in [3.63, 3.8) is 0 Å². The molecule has 0 aliphatic heterocycles. The van der Waals surface area contributed by atoms with Gasteiger partial charge in [0.05, 0.1) is 6.20 Å². The minimum absolute atomic E-state index is 0.0244. The number of nitrogens with zero attached hydrogens (tertiary/aromatic N) is 1. The average Bonchev–Trinajstić information content (AvgIpc) is 3.04. The molecule has 0 aromatic carbocycles. The van der Waals surface area contributed by atoms with Gasteiger partial charge in [0.1, 0.15) is 11.4 Å². The number of halogens is 1. The summed E-state index contributed by atoms with van der Waals surface area (Å²) in [6.45, 7) is 7.43. The molecule has 6 heteroatoms. The van der Waals surface area contributed by atoms with Crippen LogP contribution in [0.4, 0.5) is 9.18 Å². The number of ether oxygens (including phenoxy) is 1. The molecule has 3 atom stereocenters. The van der Waals surface area contributed by atoms with Gasteiger partial charge < -0.3 is 15.4 Å². The molecule has 21 heavy (non-hydrogen) atoms. The fourth-order valence-electron chi connectivity index (χ4n) is 2.08. The number of hydrogen-bond donors (Lipinski definition) is 2. The highest BCUT2D eigenvalue weighted by molar-refractivity contribution is 5.68. The zero-order valence-corrected chi connectivity index (χ0v) is 12.8. The van der Waals surface area contributed by atoms with Crippen LogP contribution in [0.15, 0.2) is 18.5 Å². The predicted molar refractivity (Wildman–Crippen MR) is 77.3 cm³/mol. The predicted octanol–water partition coefficient (Wildman–Crippen LogP) is 2.54. The van der Waals surface area contributed by atoms with Crippen molar-refractivity contribution in [3.05, 3.63) is 29.8 Å². The van der Waals surface area contributed by atoms with Crippen molar-refractivity contribution >= 4 is 6.09 Å². The summed E-state index contributed by atoms with van der Waals surface area (Å²) in [6.07, 6.45) is 3.25. The summed E-state index contributed by atoms with van der Waals surface area (Å²) in [5.74, 6) is -0.347. The van der Waals surface area contributed by atoms with E-state index in [0.717, 1.165) is 12.0 Å². The molecular formula is C15H22FN3O2. The molecule has 1 aliphatic carbocycles. The van der Waals surface area contributed by atoms with Crippen LogP contribution in [0, 0.1) is 5.82 Å². The van der Waals surface area contributed by atoms with E-state index in [0.29, 0.717) is 0 Å². The zero-order chi connectivity index (χ0) is 15.6. The Morgan fingerprint density at radius 1 is 1.43 bits per heavy atom. The van der Waals surface area contributed by atoms with Gasteiger partial charge in [-0.3, -0.25) is 4.98 Å². The molecule has 1 aromatic rings. The van der Waals surface area contributed by atoms with Gasteiger partial charge in [-0.1, -0.05) is 0 Å². The average molecular weight is 295 g/mol. The molecule has 1 amide bonds. The van der Waals surface area contributed by atoms with E-state index in [1.54, 1.807) is 6.20 Å². The highest BCUT2D eigenvalue weighted by atomic mass is 19.1. The Hall–Kier alpha value is -1.69. The normalized spacial score (nSPS) is 22.5. The molecule has 1 aliphatic rings. The molecule has 1 fully saturated rings. The first-order valence-corrected chi connectivity index (χ1v) is 7.10. The molecule has 2 N–H and O–H groups in total. The fraction of sp³-hybridized carbons (Fsp3) is 0.600. The van der Waals surface area contributed by atoms with Gasteiger partial charge >= 0.3 is 6.09 Å². The molecule has 2 rings (SSSR count). The first kappa shape index (κ1) is 15.7. The Bertz CT molecular complexity index is 516. The van der Waals surface area contributed by atoms with E-state index in [-0.39, 0.29) is 23.9 Å². The number of hydrogen-bond acceptors (Lipinski definition) is 4. The first-order chi connectivity index (χ1) is 9.74. The summed E-state index contributed by atoms with van der Waals surface area (Å²) in [6, 6.07) is 1.67. The molecule has 0 spiro atoms. The van der Waals surface area contributed by atoms with Crippen molar-refractivity contribution in [1.82, 2.24) is 15.6 Å². The van der Waals surface area contributed by atoms with Crippen LogP contribution in [0.1, 0.15) is 45.7 Å². The lowest BCUT2D eigenvalue weighted by Gasteiger charge is -2.20. The standard InChI is InChI=1S/C15H22FN3O2/c1-9(10-5-11(16)8-17-7-10)18-12-6-13(12)19-14(20)21-15(2,3)4/h5,7-9,12-13,18H,6H2,1-4H3,(H,19,20). The number of pyridine rings is 1. The Balaban J connectivity index is 1.78. The number of alkyl carbamates (subject to hydrolysis) is 1. The van der Waals surface area contributed by atoms with Crippen LogP contribution < -0.4 is 10.6 Å². The maximum Gasteiger partial charge on any atom is 0.407 e. The topological polar surface area (TPSA) is 63.2 Å². The second-order valence-corrected chi connectivity index (χ2v) is 6.42. The Kier molecular flexibility index (Phi) is 4.46. The van der Waals surface area contributed by atoms with Crippen molar-refractivity contribution < 1.29 is 13.9 Å². The monoisotopic (exact) mass is 295 g/mol. The van der Waals surface area contributed by atoms with E-state index in [4.69, 9.17) is 4.74 Å². The lowest BCUT2D eigenvalue weighted by molar-refractivity contribution is 0.0522. The second-order valence-electron chi connectivity index (χ2n) is 6.42. The number of nitrogens with one attached hydrogen (secondary N) is 2. The van der Waals surface area contributed by atoms with E-state index in [1.165, 1.54) is 12.3 Å². The lowest BCUT2D eigenvalue weighted by atomic mass is 10.1. The third kappa shape index (κ3) is 4.97. The van der Waals surface area contributed by atoms with Crippen molar-refractivity contribution in [2.45, 2.75) is 57.8 Å². The number of amides is 1. The van der Waals surface area contributed by atoms with Gasteiger partial charge in [0, 0.05) is 24.3 Å². The van der Waals surface area contributed by atoms with Gasteiger partial charge in [0.15, 0.2) is 0 Å². The third-order valence-corrected chi connectivity index (χ3v) is 3.18. The lowest BCUT2D eigenvalue weighted by Crippen LogP contribution is -2.37. The van der Waals surface area contributed by atoms with Crippen LogP contribution in [-0.2, 0) is 4.74 Å². The summed E-state index contributed by atoms with van der Waals surface area (Å²) >= 11 is 0. The maximum atomic E-state index is 13.1. The Labute approximate surface area is 124 Å². The van der Waals surface area contributed by atoms with Crippen LogP contribution in [-0.4, -0.2) is 28.8 Å². The van der Waals surface area contributed by atoms with Crippen LogP contribution >= 0.6 is 0 Å². The second kappa shape index (κ2) is 5.97. The molecule has 1 saturated carbocycles. The Morgan fingerprint density at radius 3 is 2.76 bits per heavy atom. The van der Waals surface area contributed by atoms with E-state index in [2.05, 4.69) is 15.6 Å². The molecule has 3 unspecified atom stereocenters. The molecule has 0 radical (unpaired) electrons. The molecular weight excluding hydrogens is 273 g/mol. The summed E-state index contributed by atoms with van der Waals surface area (Å²) in [5, 5.41) is 6.15. The van der Waals surface area contributed by atoms with Crippen molar-refractivity contribution in [2.24, 2.45) is 0 Å². The summed E-state index contributed by atoms with van der Waals surface area (Å²) in [5.41, 5.74) is 0.292. The van der Waals surface area contributed by atoms with Crippen molar-refractivity contribution in [1.29, 1.82) is 0 Å². The van der Waals surface area contributed by atoms with E-state index in [1.807, 2.05) is 27.7 Å². The van der Waals surface area contributed by atoms with Gasteiger partial charge in [-0.2, -0.15) is 0 Å². The fourth-order valence-corrected chi connectivity index (χ4v) is 2.08. The van der Waals surface area contributed by atoms with E-state index in [9.17, 15) is 9.18 Å². The molecule has 1 aromatic heterocycles. The van der Waals surface area contributed by atoms with Gasteiger partial charge in [0.2, 0.25) is 0 Å². The molecule has 1 heterocycles. The van der Waals surface area contributed by atoms with Crippen LogP contribution in [0.25, 0.3) is 0 Å². The minimum atomic E-state index is -0.498. The first-order valence-electron chi connectivity index (χ1n) is 7.10. The van der Waals surface area contributed by atoms with Crippen molar-refractivity contribution in [3.8, 4) is 0 Å². The summed E-state index contributed by atoms with van der Waals surface area (Å²) < 4.78 is 18.3. The highest BCUT2D eigenvalue weighted by Crippen LogP contribution is 2.25. The summed E-state index contributed by atoms with van der Waals surface area (Å²) in [4.78, 5) is 15.5. The number of carbonyl (C=O) groups excluding carboxylic acids is 1. The van der Waals surface area contributed by atoms with E-state index < -0.39 is 11.7 Å². The maximum absolute atomic E-state index is 13.1. The highest BCUT2D eigenvalue weighted by Gasteiger charge is 2.40. The molecule has 0 saturated heterocycles. The molecule has 5 nitrogen and oxygen atoms in total. The third-order valence-electron chi connectivity index (χ3n) is 3.18. The largest absolute Gasteiger partial charge is 0.444 e. The van der Waals surface area contributed by atoms with Crippen LogP contribution in [0.2, 0.25) is 0 Å². The number of rotatable bonds is 4. The molecule has 0 bridgehead atoms. The van der Waals surface area contributed by atoms with Crippen molar-refractivity contribution in [2.75, 3.05) is 0 Å². The quantitative estimate of drug-likeness (QED) is 0.896.